The van der Waals surface area contributed by atoms with Crippen LogP contribution in [0, 0.1) is 11.8 Å². The van der Waals surface area contributed by atoms with Crippen LogP contribution in [0.4, 0.5) is 11.8 Å². The van der Waals surface area contributed by atoms with Crippen molar-refractivity contribution >= 4 is 42.5 Å². The lowest BCUT2D eigenvalue weighted by Crippen LogP contribution is -2.33. The fourth-order valence-electron chi connectivity index (χ4n) is 4.64. The van der Waals surface area contributed by atoms with Gasteiger partial charge in [-0.2, -0.15) is 4.98 Å². The number of anilines is 2. The van der Waals surface area contributed by atoms with Gasteiger partial charge in [0.25, 0.3) is 0 Å². The van der Waals surface area contributed by atoms with E-state index in [-0.39, 0.29) is 15.7 Å². The molecular formula is C25H33N5O4S2. The lowest BCUT2D eigenvalue weighted by molar-refractivity contribution is 0.284. The van der Waals surface area contributed by atoms with Gasteiger partial charge in [-0.25, -0.2) is 26.5 Å². The van der Waals surface area contributed by atoms with Crippen LogP contribution in [0.15, 0.2) is 58.3 Å². The van der Waals surface area contributed by atoms with Gasteiger partial charge in [0.1, 0.15) is 10.7 Å². The number of sulfonamides is 1. The molecule has 2 aromatic carbocycles. The second-order valence-electron chi connectivity index (χ2n) is 9.62. The van der Waals surface area contributed by atoms with E-state index in [1.165, 1.54) is 24.3 Å². The minimum absolute atomic E-state index is 0.180. The highest BCUT2D eigenvalue weighted by Gasteiger charge is 2.26. The van der Waals surface area contributed by atoms with Gasteiger partial charge in [0.05, 0.1) is 10.4 Å². The summed E-state index contributed by atoms with van der Waals surface area (Å²) in [6.45, 7) is 1.05. The largest absolute Gasteiger partial charge is 0.362 e. The molecule has 2 N–H and O–H groups in total. The number of hydrogen-bond donors (Lipinski definition) is 2. The van der Waals surface area contributed by atoms with Crippen molar-refractivity contribution in [2.45, 2.75) is 35.5 Å². The topological polar surface area (TPSA) is 121 Å². The number of nitrogens with zero attached hydrogens (tertiary/aromatic N) is 3. The predicted octanol–water partition coefficient (Wildman–Crippen LogP) is 3.30. The third-order valence-corrected chi connectivity index (χ3v) is 9.39. The maximum atomic E-state index is 12.8. The monoisotopic (exact) mass is 531 g/mol. The highest BCUT2D eigenvalue weighted by molar-refractivity contribution is 7.93. The van der Waals surface area contributed by atoms with E-state index < -0.39 is 19.9 Å². The van der Waals surface area contributed by atoms with E-state index in [0.717, 1.165) is 55.2 Å². The Hall–Kier alpha value is -2.76. The maximum Gasteiger partial charge on any atom is 0.241 e. The van der Waals surface area contributed by atoms with Crippen molar-refractivity contribution < 1.29 is 16.8 Å². The molecule has 4 rings (SSSR count). The van der Waals surface area contributed by atoms with Crippen LogP contribution in [-0.2, 0) is 19.9 Å². The SMILES string of the molecule is CN(C)c1nc(NC[C@H]2CC[C@H](CNS(=O)(=O)c3ccccc3S(C)(=O)=O)CC2)nc2ccccc12. The van der Waals surface area contributed by atoms with Gasteiger partial charge in [-0.1, -0.05) is 24.3 Å². The van der Waals surface area contributed by atoms with Crippen molar-refractivity contribution in [2.24, 2.45) is 11.8 Å². The number of sulfone groups is 1. The van der Waals surface area contributed by atoms with Gasteiger partial charge in [-0.15, -0.1) is 0 Å². The Balaban J connectivity index is 1.32. The van der Waals surface area contributed by atoms with Gasteiger partial charge < -0.3 is 10.2 Å². The molecule has 1 aliphatic carbocycles. The zero-order valence-electron chi connectivity index (χ0n) is 20.8. The van der Waals surface area contributed by atoms with Gasteiger partial charge in [-0.05, 0) is 61.8 Å². The van der Waals surface area contributed by atoms with E-state index in [1.54, 1.807) is 0 Å². The molecule has 36 heavy (non-hydrogen) atoms. The first-order chi connectivity index (χ1) is 17.0. The van der Waals surface area contributed by atoms with Crippen LogP contribution in [0.2, 0.25) is 0 Å². The molecule has 0 aliphatic heterocycles. The Morgan fingerprint density at radius 1 is 0.833 bits per heavy atom. The minimum Gasteiger partial charge on any atom is -0.362 e. The van der Waals surface area contributed by atoms with Crippen molar-refractivity contribution in [2.75, 3.05) is 43.7 Å². The van der Waals surface area contributed by atoms with Crippen LogP contribution in [-0.4, -0.2) is 60.2 Å². The van der Waals surface area contributed by atoms with Crippen LogP contribution in [0.5, 0.6) is 0 Å². The average Bonchev–Trinajstić information content (AvgIpc) is 2.86. The first kappa shape index (κ1) is 26.3. The van der Waals surface area contributed by atoms with Crippen LogP contribution in [0.1, 0.15) is 25.7 Å². The molecule has 194 valence electrons. The Kier molecular flexibility index (Phi) is 7.82. The van der Waals surface area contributed by atoms with Gasteiger partial charge >= 0.3 is 0 Å². The molecule has 0 amide bonds. The third-order valence-electron chi connectivity index (χ3n) is 6.62. The zero-order valence-corrected chi connectivity index (χ0v) is 22.4. The van der Waals surface area contributed by atoms with Crippen molar-refractivity contribution in [1.29, 1.82) is 0 Å². The highest BCUT2D eigenvalue weighted by Crippen LogP contribution is 2.30. The summed E-state index contributed by atoms with van der Waals surface area (Å²) in [6.07, 6.45) is 4.73. The number of fused-ring (bicyclic) bond motifs is 1. The summed E-state index contributed by atoms with van der Waals surface area (Å²) >= 11 is 0. The number of para-hydroxylation sites is 1. The maximum absolute atomic E-state index is 12.8. The summed E-state index contributed by atoms with van der Waals surface area (Å²) in [6, 6.07) is 13.7. The quantitative estimate of drug-likeness (QED) is 0.431. The molecule has 0 radical (unpaired) electrons. The first-order valence-electron chi connectivity index (χ1n) is 12.0. The fourth-order valence-corrected chi connectivity index (χ4v) is 7.38. The van der Waals surface area contributed by atoms with Crippen molar-refractivity contribution in [1.82, 2.24) is 14.7 Å². The van der Waals surface area contributed by atoms with E-state index in [0.29, 0.717) is 18.4 Å². The van der Waals surface area contributed by atoms with Crippen LogP contribution in [0.3, 0.4) is 0 Å². The minimum atomic E-state index is -3.92. The number of aromatic nitrogens is 2. The second kappa shape index (κ2) is 10.7. The fraction of sp³-hybridized carbons (Fsp3) is 0.440. The zero-order chi connectivity index (χ0) is 25.9. The Bertz CT molecular complexity index is 1430. The predicted molar refractivity (Wildman–Crippen MR) is 143 cm³/mol. The summed E-state index contributed by atoms with van der Waals surface area (Å²) < 4.78 is 52.3. The molecule has 1 heterocycles. The summed E-state index contributed by atoms with van der Waals surface area (Å²) in [4.78, 5) is 11.0. The molecule has 0 spiro atoms. The Morgan fingerprint density at radius 3 is 2.06 bits per heavy atom. The highest BCUT2D eigenvalue weighted by atomic mass is 32.2. The summed E-state index contributed by atoms with van der Waals surface area (Å²) in [5, 5.41) is 4.41. The molecule has 0 saturated heterocycles. The molecule has 0 bridgehead atoms. The summed E-state index contributed by atoms with van der Waals surface area (Å²) in [5.74, 6) is 2.13. The molecule has 0 unspecified atom stereocenters. The van der Waals surface area contributed by atoms with Gasteiger partial charge in [0.2, 0.25) is 16.0 Å². The van der Waals surface area contributed by atoms with E-state index in [2.05, 4.69) is 15.0 Å². The van der Waals surface area contributed by atoms with Crippen molar-refractivity contribution in [3.63, 3.8) is 0 Å². The molecule has 1 aliphatic rings. The molecule has 9 nitrogen and oxygen atoms in total. The molecule has 1 fully saturated rings. The Morgan fingerprint density at radius 2 is 1.42 bits per heavy atom. The molecule has 1 aromatic heterocycles. The van der Waals surface area contributed by atoms with E-state index in [1.807, 2.05) is 43.3 Å². The first-order valence-corrected chi connectivity index (χ1v) is 15.4. The van der Waals surface area contributed by atoms with Crippen LogP contribution >= 0.6 is 0 Å². The number of benzene rings is 2. The molecule has 3 aromatic rings. The van der Waals surface area contributed by atoms with Gasteiger partial charge in [0, 0.05) is 38.8 Å². The normalized spacial score (nSPS) is 18.8. The van der Waals surface area contributed by atoms with E-state index in [9.17, 15) is 16.8 Å². The smallest absolute Gasteiger partial charge is 0.241 e. The number of rotatable bonds is 9. The summed E-state index contributed by atoms with van der Waals surface area (Å²) in [7, 11) is -3.65. The molecular weight excluding hydrogens is 498 g/mol. The molecule has 11 heteroatoms. The van der Waals surface area contributed by atoms with Crippen LogP contribution < -0.4 is 14.9 Å². The van der Waals surface area contributed by atoms with E-state index in [4.69, 9.17) is 4.98 Å². The van der Waals surface area contributed by atoms with Crippen molar-refractivity contribution in [3.05, 3.63) is 48.5 Å². The third kappa shape index (κ3) is 6.13. The lowest BCUT2D eigenvalue weighted by Gasteiger charge is -2.29. The van der Waals surface area contributed by atoms with Crippen LogP contribution in [0.25, 0.3) is 10.9 Å². The molecule has 1 saturated carbocycles. The molecule has 0 atom stereocenters. The number of hydrogen-bond acceptors (Lipinski definition) is 8. The van der Waals surface area contributed by atoms with E-state index >= 15 is 0 Å². The number of nitrogens with one attached hydrogen (secondary N) is 2. The van der Waals surface area contributed by atoms with Crippen molar-refractivity contribution in [3.8, 4) is 0 Å². The standard InChI is InChI=1S/C25H33N5O4S2/c1-30(2)24-20-8-4-5-9-21(20)28-25(29-24)26-16-18-12-14-19(15-13-18)17-27-36(33,34)23-11-7-6-10-22(23)35(3,31)32/h4-11,18-19,27H,12-17H2,1-3H3,(H,26,28,29)/t18-,19-. The van der Waals surface area contributed by atoms with Gasteiger partial charge in [0.15, 0.2) is 9.84 Å². The second-order valence-corrected chi connectivity index (χ2v) is 13.3. The van der Waals surface area contributed by atoms with Gasteiger partial charge in [-0.3, -0.25) is 0 Å². The summed E-state index contributed by atoms with van der Waals surface area (Å²) in [5.41, 5.74) is 0.895. The lowest BCUT2D eigenvalue weighted by atomic mass is 9.82. The Labute approximate surface area is 213 Å². The average molecular weight is 532 g/mol.